The van der Waals surface area contributed by atoms with Gasteiger partial charge in [-0.15, -0.1) is 0 Å². The molecule has 0 aliphatic carbocycles. The van der Waals surface area contributed by atoms with Crippen LogP contribution in [0.5, 0.6) is 0 Å². The fourth-order valence-corrected chi connectivity index (χ4v) is 8.70. The molecular weight excluding hydrogens is 437 g/mol. The molecule has 0 N–H and O–H groups in total. The van der Waals surface area contributed by atoms with Crippen molar-refractivity contribution in [3.8, 4) is 0 Å². The van der Waals surface area contributed by atoms with Gasteiger partial charge in [0.05, 0.1) is 16.8 Å². The Hall–Kier alpha value is -3.42. The number of fused-ring (bicyclic) bond motifs is 1. The lowest BCUT2D eigenvalue weighted by atomic mass is 10.1. The van der Waals surface area contributed by atoms with Crippen LogP contribution in [0.4, 0.5) is 0 Å². The normalized spacial score (nSPS) is 20.2. The van der Waals surface area contributed by atoms with Gasteiger partial charge in [-0.1, -0.05) is 100 Å². The smallest absolute Gasteiger partial charge is 0.266 e. The van der Waals surface area contributed by atoms with Gasteiger partial charge in [0.2, 0.25) is 0 Å². The molecule has 0 bridgehead atoms. The Balaban J connectivity index is 1.82. The molecule has 2 aliphatic heterocycles. The number of rotatable bonds is 3. The highest BCUT2D eigenvalue weighted by Crippen LogP contribution is 2.69. The number of nitrogens with zero attached hydrogens (tertiary/aromatic N) is 1. The first-order chi connectivity index (χ1) is 16.2. The summed E-state index contributed by atoms with van der Waals surface area (Å²) in [7, 11) is 0. The molecule has 34 heavy (non-hydrogen) atoms. The first-order valence-electron chi connectivity index (χ1n) is 11.5. The van der Waals surface area contributed by atoms with Gasteiger partial charge in [-0.25, -0.2) is 4.90 Å². The highest BCUT2D eigenvalue weighted by atomic mass is 31.2. The zero-order chi connectivity index (χ0) is 24.1. The summed E-state index contributed by atoms with van der Waals surface area (Å²) in [4.78, 5) is 28.1. The van der Waals surface area contributed by atoms with Crippen LogP contribution in [-0.2, 0) is 0 Å². The Morgan fingerprint density at radius 3 is 1.62 bits per heavy atom. The van der Waals surface area contributed by atoms with Crippen LogP contribution in [0.1, 0.15) is 52.6 Å². The number of hydrogen-bond acceptors (Lipinski definition) is 2. The van der Waals surface area contributed by atoms with Crippen molar-refractivity contribution >= 4 is 29.3 Å². The van der Waals surface area contributed by atoms with E-state index < -0.39 is 6.89 Å². The van der Waals surface area contributed by atoms with E-state index in [0.29, 0.717) is 16.8 Å². The molecule has 0 fully saturated rings. The molecule has 0 saturated heterocycles. The first-order valence-corrected chi connectivity index (χ1v) is 13.7. The van der Waals surface area contributed by atoms with Crippen molar-refractivity contribution in [1.29, 1.82) is 0 Å². The van der Waals surface area contributed by atoms with Gasteiger partial charge in [-0.2, -0.15) is 0 Å². The van der Waals surface area contributed by atoms with Gasteiger partial charge in [-0.05, 0) is 57.8 Å². The predicted molar refractivity (Wildman–Crippen MR) is 143 cm³/mol. The molecule has 3 nitrogen and oxygen atoms in total. The highest BCUT2D eigenvalue weighted by molar-refractivity contribution is 7.86. The fourth-order valence-electron chi connectivity index (χ4n) is 4.89. The van der Waals surface area contributed by atoms with Gasteiger partial charge in [-0.3, -0.25) is 9.59 Å². The molecule has 0 aromatic heterocycles. The molecule has 2 aliphatic rings. The Morgan fingerprint density at radius 2 is 1.12 bits per heavy atom. The predicted octanol–water partition coefficient (Wildman–Crippen LogP) is 6.89. The van der Waals surface area contributed by atoms with Crippen molar-refractivity contribution in [3.05, 3.63) is 125 Å². The molecule has 0 saturated carbocycles. The summed E-state index contributed by atoms with van der Waals surface area (Å²) in [6.07, 6.45) is 4.17. The third kappa shape index (κ3) is 3.35. The Morgan fingerprint density at radius 1 is 0.647 bits per heavy atom. The highest BCUT2D eigenvalue weighted by Gasteiger charge is 2.41. The third-order valence-electron chi connectivity index (χ3n) is 7.07. The number of carbonyl (C=O) groups excluding carboxylic acids is 2. The summed E-state index contributed by atoms with van der Waals surface area (Å²) in [5.41, 5.74) is 3.81. The van der Waals surface area contributed by atoms with E-state index in [2.05, 4.69) is 63.9 Å². The number of carbonyl (C=O) groups is 2. The van der Waals surface area contributed by atoms with E-state index in [9.17, 15) is 9.59 Å². The van der Waals surface area contributed by atoms with Crippen LogP contribution >= 0.6 is 6.89 Å². The molecule has 2 heterocycles. The van der Waals surface area contributed by atoms with Gasteiger partial charge in [0.25, 0.3) is 11.8 Å². The molecule has 2 amide bonds. The standard InChI is InChI=1S/C30H28NO2P/c1-30(2,3)34(4)26(21-13-7-5-8-14-21)19-23(20-27(34)22-15-9-6-10-16-22)31-28(32)24-17-11-12-18-25(24)29(31)33/h5-20H,1-4H3. The maximum absolute atomic E-state index is 13.4. The first kappa shape index (κ1) is 22.4. The van der Waals surface area contributed by atoms with Gasteiger partial charge in [0.1, 0.15) is 0 Å². The SMILES string of the molecule is CC(C)(C)P1(C)=C(c2ccccc2)C=C(N2C(=O)c3ccccc3C2=O)C=C1c1ccccc1. The Labute approximate surface area is 201 Å². The number of benzene rings is 3. The van der Waals surface area contributed by atoms with E-state index in [1.807, 2.05) is 36.4 Å². The minimum atomic E-state index is -1.95. The van der Waals surface area contributed by atoms with Crippen molar-refractivity contribution < 1.29 is 9.59 Å². The average Bonchev–Trinajstić information content (AvgIpc) is 3.10. The summed E-state index contributed by atoms with van der Waals surface area (Å²) in [5, 5.41) is 2.37. The minimum Gasteiger partial charge on any atom is -0.268 e. The summed E-state index contributed by atoms with van der Waals surface area (Å²) in [6, 6.07) is 27.8. The second-order valence-corrected chi connectivity index (χ2v) is 14.2. The van der Waals surface area contributed by atoms with Crippen LogP contribution in [0.2, 0.25) is 0 Å². The maximum atomic E-state index is 13.4. The second kappa shape index (κ2) is 8.11. The minimum absolute atomic E-state index is 0.0378. The summed E-state index contributed by atoms with van der Waals surface area (Å²) in [6.45, 7) is 7.31. The lowest BCUT2D eigenvalue weighted by Crippen LogP contribution is -2.31. The number of hydrogen-bond donors (Lipinski definition) is 0. The van der Waals surface area contributed by atoms with Crippen molar-refractivity contribution in [1.82, 2.24) is 4.90 Å². The molecular formula is C30H28NO2P. The largest absolute Gasteiger partial charge is 0.268 e. The fraction of sp³-hybridized carbons (Fsp3) is 0.167. The lowest BCUT2D eigenvalue weighted by molar-refractivity contribution is 0.0710. The topological polar surface area (TPSA) is 37.4 Å². The number of imide groups is 1. The van der Waals surface area contributed by atoms with Crippen LogP contribution in [0.3, 0.4) is 0 Å². The van der Waals surface area contributed by atoms with Gasteiger partial charge in [0, 0.05) is 0 Å². The molecule has 1 unspecified atom stereocenters. The van der Waals surface area contributed by atoms with Crippen molar-refractivity contribution in [2.24, 2.45) is 0 Å². The molecule has 0 spiro atoms. The quantitative estimate of drug-likeness (QED) is 0.312. The average molecular weight is 466 g/mol. The number of amides is 2. The van der Waals surface area contributed by atoms with Gasteiger partial charge in [0.15, 0.2) is 0 Å². The van der Waals surface area contributed by atoms with E-state index in [0.717, 1.165) is 11.1 Å². The molecule has 170 valence electrons. The van der Waals surface area contributed by atoms with Crippen LogP contribution < -0.4 is 0 Å². The van der Waals surface area contributed by atoms with E-state index in [1.54, 1.807) is 24.3 Å². The number of allylic oxidation sites excluding steroid dienone is 2. The molecule has 0 radical (unpaired) electrons. The Kier molecular flexibility index (Phi) is 5.34. The van der Waals surface area contributed by atoms with Crippen molar-refractivity contribution in [2.75, 3.05) is 6.66 Å². The molecule has 3 aromatic carbocycles. The molecule has 4 heteroatoms. The van der Waals surface area contributed by atoms with Crippen LogP contribution in [-0.4, -0.2) is 33.8 Å². The zero-order valence-corrected chi connectivity index (χ0v) is 20.8. The molecule has 5 rings (SSSR count). The van der Waals surface area contributed by atoms with E-state index >= 15 is 0 Å². The second-order valence-electron chi connectivity index (χ2n) is 9.88. The summed E-state index contributed by atoms with van der Waals surface area (Å²) < 4.78 is 0. The van der Waals surface area contributed by atoms with E-state index in [1.165, 1.54) is 15.5 Å². The summed E-state index contributed by atoms with van der Waals surface area (Å²) >= 11 is 0. The van der Waals surface area contributed by atoms with Crippen molar-refractivity contribution in [2.45, 2.75) is 25.9 Å². The van der Waals surface area contributed by atoms with Crippen molar-refractivity contribution in [3.63, 3.8) is 0 Å². The van der Waals surface area contributed by atoms with E-state index in [4.69, 9.17) is 0 Å². The van der Waals surface area contributed by atoms with Gasteiger partial charge >= 0.3 is 0 Å². The zero-order valence-electron chi connectivity index (χ0n) is 19.9. The molecule has 1 atom stereocenters. The summed E-state index contributed by atoms with van der Waals surface area (Å²) in [5.74, 6) is -0.527. The van der Waals surface area contributed by atoms with Crippen LogP contribution in [0.25, 0.3) is 5.31 Å². The Bertz CT molecular complexity index is 1390. The van der Waals surface area contributed by atoms with Crippen LogP contribution in [0.15, 0.2) is 103 Å². The molecule has 3 aromatic rings. The van der Waals surface area contributed by atoms with Crippen LogP contribution in [0, 0.1) is 0 Å². The maximum Gasteiger partial charge on any atom is 0.266 e. The van der Waals surface area contributed by atoms with E-state index in [-0.39, 0.29) is 17.0 Å². The van der Waals surface area contributed by atoms with Gasteiger partial charge < -0.3 is 0 Å². The monoisotopic (exact) mass is 465 g/mol. The third-order valence-corrected chi connectivity index (χ3v) is 12.5. The lowest BCUT2D eigenvalue weighted by Gasteiger charge is -2.43.